The van der Waals surface area contributed by atoms with Crippen LogP contribution in [-0.4, -0.2) is 16.1 Å². The third kappa shape index (κ3) is 2.94. The number of aryl methyl sites for hydroxylation is 1. The topological polar surface area (TPSA) is 72.2 Å². The van der Waals surface area contributed by atoms with Gasteiger partial charge < -0.3 is 4.42 Å². The van der Waals surface area contributed by atoms with Crippen molar-refractivity contribution in [2.45, 2.75) is 6.92 Å². The standard InChI is InChI=1S/C18H11ClN2O3S/c1-9-2-3-10(5-14(9)19)13-8-20-7-11-4-12(24-16(11)13)6-15-17(22)21-18(23)25-15/h2-8H,1H3,(H,21,22,23)/b15-6-. The van der Waals surface area contributed by atoms with Crippen molar-refractivity contribution in [2.24, 2.45) is 0 Å². The summed E-state index contributed by atoms with van der Waals surface area (Å²) in [7, 11) is 0. The number of nitrogens with zero attached hydrogens (tertiary/aromatic N) is 1. The van der Waals surface area contributed by atoms with Crippen molar-refractivity contribution in [3.05, 3.63) is 57.9 Å². The molecule has 0 saturated carbocycles. The molecule has 1 aliphatic rings. The van der Waals surface area contributed by atoms with Gasteiger partial charge >= 0.3 is 0 Å². The number of benzene rings is 1. The Morgan fingerprint density at radius 2 is 2.08 bits per heavy atom. The van der Waals surface area contributed by atoms with E-state index in [1.165, 1.54) is 0 Å². The fourth-order valence-electron chi connectivity index (χ4n) is 2.57. The van der Waals surface area contributed by atoms with Gasteiger partial charge in [-0.1, -0.05) is 23.7 Å². The molecule has 0 aliphatic carbocycles. The molecule has 0 atom stereocenters. The number of amides is 2. The Bertz CT molecular complexity index is 1070. The average molecular weight is 371 g/mol. The first kappa shape index (κ1) is 15.9. The summed E-state index contributed by atoms with van der Waals surface area (Å²) in [6.45, 7) is 1.94. The lowest BCUT2D eigenvalue weighted by Crippen LogP contribution is -2.17. The Hall–Kier alpha value is -2.57. The summed E-state index contributed by atoms with van der Waals surface area (Å²) < 4.78 is 5.91. The molecule has 1 aliphatic heterocycles. The number of fused-ring (bicyclic) bond motifs is 1. The molecule has 1 fully saturated rings. The van der Waals surface area contributed by atoms with E-state index < -0.39 is 5.91 Å². The van der Waals surface area contributed by atoms with Crippen LogP contribution in [0.15, 0.2) is 46.0 Å². The number of rotatable bonds is 2. The van der Waals surface area contributed by atoms with Gasteiger partial charge in [0, 0.05) is 34.4 Å². The van der Waals surface area contributed by atoms with Crippen molar-refractivity contribution in [3.63, 3.8) is 0 Å². The van der Waals surface area contributed by atoms with Gasteiger partial charge in [-0.15, -0.1) is 0 Å². The fourth-order valence-corrected chi connectivity index (χ4v) is 3.41. The van der Waals surface area contributed by atoms with Crippen LogP contribution in [-0.2, 0) is 4.79 Å². The second kappa shape index (κ2) is 6.06. The summed E-state index contributed by atoms with van der Waals surface area (Å²) in [5.74, 6) is 0.0638. The molecule has 4 rings (SSSR count). The summed E-state index contributed by atoms with van der Waals surface area (Å²) in [5.41, 5.74) is 3.34. The number of hydrogen-bond donors (Lipinski definition) is 1. The fraction of sp³-hybridized carbons (Fsp3) is 0.0556. The molecule has 1 N–H and O–H groups in total. The van der Waals surface area contributed by atoms with Crippen LogP contribution in [0, 0.1) is 6.92 Å². The van der Waals surface area contributed by atoms with Gasteiger partial charge in [-0.3, -0.25) is 19.9 Å². The van der Waals surface area contributed by atoms with Gasteiger partial charge in [0.2, 0.25) is 0 Å². The molecule has 1 aromatic carbocycles. The molecule has 1 saturated heterocycles. The maximum absolute atomic E-state index is 11.7. The minimum Gasteiger partial charge on any atom is -0.456 e. The molecule has 25 heavy (non-hydrogen) atoms. The first-order valence-corrected chi connectivity index (χ1v) is 8.59. The second-order valence-corrected chi connectivity index (χ2v) is 6.99. The summed E-state index contributed by atoms with van der Waals surface area (Å²) >= 11 is 7.07. The molecular formula is C18H11ClN2O3S. The van der Waals surface area contributed by atoms with Crippen LogP contribution in [0.1, 0.15) is 11.3 Å². The average Bonchev–Trinajstić information content (AvgIpc) is 3.12. The maximum Gasteiger partial charge on any atom is 0.290 e. The van der Waals surface area contributed by atoms with Crippen LogP contribution < -0.4 is 5.32 Å². The summed E-state index contributed by atoms with van der Waals surface area (Å²) in [5, 5.41) is 3.30. The van der Waals surface area contributed by atoms with E-state index in [2.05, 4.69) is 10.3 Å². The van der Waals surface area contributed by atoms with Crippen LogP contribution in [0.5, 0.6) is 0 Å². The van der Waals surface area contributed by atoms with Crippen molar-refractivity contribution < 1.29 is 14.0 Å². The summed E-state index contributed by atoms with van der Waals surface area (Å²) in [6, 6.07) is 7.54. The van der Waals surface area contributed by atoms with Crippen molar-refractivity contribution in [1.29, 1.82) is 0 Å². The molecule has 0 bridgehead atoms. The SMILES string of the molecule is Cc1ccc(-c2cncc3cc(/C=C4\SC(=O)NC4=O)oc23)cc1Cl. The number of nitrogens with one attached hydrogen (secondary N) is 1. The highest BCUT2D eigenvalue weighted by Gasteiger charge is 2.25. The Labute approximate surface area is 152 Å². The molecule has 0 radical (unpaired) electrons. The zero-order valence-corrected chi connectivity index (χ0v) is 14.6. The molecule has 3 heterocycles. The minimum atomic E-state index is -0.417. The van der Waals surface area contributed by atoms with E-state index in [0.717, 1.165) is 33.8 Å². The molecule has 5 nitrogen and oxygen atoms in total. The van der Waals surface area contributed by atoms with E-state index in [9.17, 15) is 9.59 Å². The summed E-state index contributed by atoms with van der Waals surface area (Å²) in [4.78, 5) is 27.5. The molecule has 124 valence electrons. The lowest BCUT2D eigenvalue weighted by Gasteiger charge is -2.04. The van der Waals surface area contributed by atoms with E-state index in [-0.39, 0.29) is 5.24 Å². The van der Waals surface area contributed by atoms with Crippen LogP contribution >= 0.6 is 23.4 Å². The lowest BCUT2D eigenvalue weighted by atomic mass is 10.0. The van der Waals surface area contributed by atoms with E-state index in [0.29, 0.717) is 21.3 Å². The summed E-state index contributed by atoms with van der Waals surface area (Å²) in [6.07, 6.45) is 4.95. The van der Waals surface area contributed by atoms with Crippen LogP contribution in [0.3, 0.4) is 0 Å². The third-order valence-electron chi connectivity index (χ3n) is 3.84. The largest absolute Gasteiger partial charge is 0.456 e. The van der Waals surface area contributed by atoms with Gasteiger partial charge in [0.1, 0.15) is 11.3 Å². The maximum atomic E-state index is 11.7. The molecule has 2 amide bonds. The number of carbonyl (C=O) groups is 2. The molecule has 0 unspecified atom stereocenters. The number of thioether (sulfide) groups is 1. The molecular weight excluding hydrogens is 360 g/mol. The predicted octanol–water partition coefficient (Wildman–Crippen LogP) is 4.78. The van der Waals surface area contributed by atoms with Crippen LogP contribution in [0.4, 0.5) is 4.79 Å². The van der Waals surface area contributed by atoms with Gasteiger partial charge in [-0.2, -0.15) is 0 Å². The highest BCUT2D eigenvalue weighted by molar-refractivity contribution is 8.18. The van der Waals surface area contributed by atoms with Crippen molar-refractivity contribution >= 4 is 51.6 Å². The Morgan fingerprint density at radius 3 is 2.80 bits per heavy atom. The molecule has 7 heteroatoms. The quantitative estimate of drug-likeness (QED) is 0.657. The van der Waals surface area contributed by atoms with Crippen LogP contribution in [0.2, 0.25) is 5.02 Å². The Kier molecular flexibility index (Phi) is 3.86. The lowest BCUT2D eigenvalue weighted by molar-refractivity contribution is -0.115. The zero-order valence-electron chi connectivity index (χ0n) is 13.0. The molecule has 0 spiro atoms. The highest BCUT2D eigenvalue weighted by atomic mass is 35.5. The van der Waals surface area contributed by atoms with Gasteiger partial charge in [-0.25, -0.2) is 0 Å². The van der Waals surface area contributed by atoms with Crippen molar-refractivity contribution in [2.75, 3.05) is 0 Å². The number of hydrogen-bond acceptors (Lipinski definition) is 5. The molecule has 3 aromatic rings. The molecule has 2 aromatic heterocycles. The van der Waals surface area contributed by atoms with Gasteiger partial charge in [0.25, 0.3) is 11.1 Å². The number of aromatic nitrogens is 1. The van der Waals surface area contributed by atoms with E-state index >= 15 is 0 Å². The number of imide groups is 1. The normalized spacial score (nSPS) is 16.0. The number of carbonyl (C=O) groups excluding carboxylic acids is 2. The minimum absolute atomic E-state index is 0.303. The third-order valence-corrected chi connectivity index (χ3v) is 5.06. The van der Waals surface area contributed by atoms with Crippen molar-refractivity contribution in [1.82, 2.24) is 10.3 Å². The van der Waals surface area contributed by atoms with Gasteiger partial charge in [-0.05, 0) is 41.9 Å². The number of pyridine rings is 1. The van der Waals surface area contributed by atoms with Crippen LogP contribution in [0.25, 0.3) is 28.2 Å². The van der Waals surface area contributed by atoms with E-state index in [1.54, 1.807) is 24.5 Å². The van der Waals surface area contributed by atoms with E-state index in [4.69, 9.17) is 16.0 Å². The Morgan fingerprint density at radius 1 is 1.24 bits per heavy atom. The first-order valence-electron chi connectivity index (χ1n) is 7.40. The first-order chi connectivity index (χ1) is 12.0. The number of halogens is 1. The monoisotopic (exact) mass is 370 g/mol. The second-order valence-electron chi connectivity index (χ2n) is 5.57. The van der Waals surface area contributed by atoms with Gasteiger partial charge in [0.05, 0.1) is 4.91 Å². The van der Waals surface area contributed by atoms with E-state index in [1.807, 2.05) is 25.1 Å². The smallest absolute Gasteiger partial charge is 0.290 e. The van der Waals surface area contributed by atoms with Gasteiger partial charge in [0.15, 0.2) is 0 Å². The number of furan rings is 1. The zero-order chi connectivity index (χ0) is 17.6. The Balaban J connectivity index is 1.81. The highest BCUT2D eigenvalue weighted by Crippen LogP contribution is 2.34. The van der Waals surface area contributed by atoms with Crippen molar-refractivity contribution in [3.8, 4) is 11.1 Å². The predicted molar refractivity (Wildman–Crippen MR) is 98.3 cm³/mol.